The molecule has 2 aromatic rings. The van der Waals surface area contributed by atoms with E-state index in [0.29, 0.717) is 49.5 Å². The number of halogens is 1. The van der Waals surface area contributed by atoms with E-state index in [9.17, 15) is 4.79 Å². The summed E-state index contributed by atoms with van der Waals surface area (Å²) in [5.41, 5.74) is 2.79. The van der Waals surface area contributed by atoms with Gasteiger partial charge in [0.05, 0.1) is 38.1 Å². The zero-order valence-corrected chi connectivity index (χ0v) is 19.9. The minimum absolute atomic E-state index is 0.0336. The molecule has 32 heavy (non-hydrogen) atoms. The lowest BCUT2D eigenvalue weighted by Crippen LogP contribution is -2.20. The minimum atomic E-state index is -0.207. The van der Waals surface area contributed by atoms with Crippen LogP contribution in [0.15, 0.2) is 42.5 Å². The van der Waals surface area contributed by atoms with Crippen molar-refractivity contribution in [2.75, 3.05) is 26.9 Å². The fourth-order valence-corrected chi connectivity index (χ4v) is 3.15. The maximum absolute atomic E-state index is 12.3. The number of rotatable bonds is 13. The first-order valence-electron chi connectivity index (χ1n) is 10.7. The standard InChI is InChI=1S/C25H32ClNO5/c1-5-30-11-12-31-17-21-8-6-7-20(13-21)16-27-24(28)10-9-19-14-22(26)25(32-18(2)3)23(15-19)29-4/h6-10,13-15,18H,5,11-12,16-17H2,1-4H3,(H,27,28)/b10-9+. The van der Waals surface area contributed by atoms with E-state index in [4.69, 9.17) is 30.5 Å². The maximum atomic E-state index is 12.3. The second kappa shape index (κ2) is 13.8. The summed E-state index contributed by atoms with van der Waals surface area (Å²) in [4.78, 5) is 12.3. The molecule has 0 atom stereocenters. The maximum Gasteiger partial charge on any atom is 0.244 e. The fraction of sp³-hybridized carbons (Fsp3) is 0.400. The molecule has 0 aliphatic heterocycles. The van der Waals surface area contributed by atoms with Crippen LogP contribution < -0.4 is 14.8 Å². The number of ether oxygens (including phenoxy) is 4. The van der Waals surface area contributed by atoms with Crippen LogP contribution in [0, 0.1) is 0 Å². The van der Waals surface area contributed by atoms with Gasteiger partial charge in [0.1, 0.15) is 0 Å². The minimum Gasteiger partial charge on any atom is -0.493 e. The second-order valence-corrected chi connectivity index (χ2v) is 7.73. The number of nitrogens with one attached hydrogen (secondary N) is 1. The smallest absolute Gasteiger partial charge is 0.244 e. The van der Waals surface area contributed by atoms with E-state index < -0.39 is 0 Å². The van der Waals surface area contributed by atoms with Gasteiger partial charge in [-0.25, -0.2) is 0 Å². The predicted octanol–water partition coefficient (Wildman–Crippen LogP) is 5.02. The molecule has 2 aromatic carbocycles. The molecule has 2 rings (SSSR count). The third-order valence-electron chi connectivity index (χ3n) is 4.34. The molecule has 0 fully saturated rings. The summed E-state index contributed by atoms with van der Waals surface area (Å²) in [7, 11) is 1.55. The summed E-state index contributed by atoms with van der Waals surface area (Å²) in [5, 5.41) is 3.31. The Hall–Kier alpha value is -2.54. The van der Waals surface area contributed by atoms with Gasteiger partial charge in [-0.1, -0.05) is 35.9 Å². The Bertz CT molecular complexity index is 898. The van der Waals surface area contributed by atoms with E-state index >= 15 is 0 Å². The van der Waals surface area contributed by atoms with E-state index in [1.807, 2.05) is 45.0 Å². The van der Waals surface area contributed by atoms with Gasteiger partial charge >= 0.3 is 0 Å². The Kier molecular flexibility index (Phi) is 11.1. The molecule has 6 nitrogen and oxygen atoms in total. The first-order chi connectivity index (χ1) is 15.4. The van der Waals surface area contributed by atoms with Crippen LogP contribution in [-0.4, -0.2) is 38.9 Å². The number of hydrogen-bond donors (Lipinski definition) is 1. The van der Waals surface area contributed by atoms with Crippen molar-refractivity contribution in [1.29, 1.82) is 0 Å². The van der Waals surface area contributed by atoms with E-state index in [1.54, 1.807) is 25.3 Å². The Morgan fingerprint density at radius 3 is 2.59 bits per heavy atom. The SMILES string of the molecule is CCOCCOCc1cccc(CNC(=O)/C=C/c2cc(Cl)c(OC(C)C)c(OC)c2)c1. The molecule has 1 N–H and O–H groups in total. The molecule has 0 saturated carbocycles. The van der Waals surface area contributed by atoms with Crippen LogP contribution in [0.3, 0.4) is 0 Å². The van der Waals surface area contributed by atoms with Gasteiger partial charge in [0.25, 0.3) is 0 Å². The Morgan fingerprint density at radius 2 is 1.88 bits per heavy atom. The molecule has 0 radical (unpaired) electrons. The van der Waals surface area contributed by atoms with Gasteiger partial charge in [-0.2, -0.15) is 0 Å². The van der Waals surface area contributed by atoms with Gasteiger partial charge in [0.2, 0.25) is 5.91 Å². The summed E-state index contributed by atoms with van der Waals surface area (Å²) in [6.07, 6.45) is 3.12. The molecule has 0 bridgehead atoms. The topological polar surface area (TPSA) is 66.0 Å². The molecular formula is C25H32ClNO5. The van der Waals surface area contributed by atoms with Gasteiger partial charge in [0, 0.05) is 19.2 Å². The second-order valence-electron chi connectivity index (χ2n) is 7.32. The summed E-state index contributed by atoms with van der Waals surface area (Å²) in [5.74, 6) is 0.806. The van der Waals surface area contributed by atoms with Crippen LogP contribution in [0.2, 0.25) is 5.02 Å². The van der Waals surface area contributed by atoms with E-state index in [2.05, 4.69) is 5.32 Å². The first kappa shape index (κ1) is 25.7. The van der Waals surface area contributed by atoms with Crippen molar-refractivity contribution in [2.24, 2.45) is 0 Å². The Labute approximate surface area is 195 Å². The number of benzene rings is 2. The van der Waals surface area contributed by atoms with Crippen molar-refractivity contribution in [3.8, 4) is 11.5 Å². The number of carbonyl (C=O) groups is 1. The van der Waals surface area contributed by atoms with Crippen molar-refractivity contribution in [3.05, 3.63) is 64.2 Å². The third kappa shape index (κ3) is 8.91. The highest BCUT2D eigenvalue weighted by atomic mass is 35.5. The van der Waals surface area contributed by atoms with Gasteiger partial charge in [-0.3, -0.25) is 4.79 Å². The largest absolute Gasteiger partial charge is 0.493 e. The van der Waals surface area contributed by atoms with E-state index in [1.165, 1.54) is 6.08 Å². The lowest BCUT2D eigenvalue weighted by Gasteiger charge is -2.15. The van der Waals surface area contributed by atoms with Crippen molar-refractivity contribution >= 4 is 23.6 Å². The number of methoxy groups -OCH3 is 1. The lowest BCUT2D eigenvalue weighted by molar-refractivity contribution is -0.116. The quantitative estimate of drug-likeness (QED) is 0.335. The first-order valence-corrected chi connectivity index (χ1v) is 11.0. The highest BCUT2D eigenvalue weighted by molar-refractivity contribution is 6.32. The molecule has 0 aliphatic carbocycles. The molecule has 0 heterocycles. The van der Waals surface area contributed by atoms with Gasteiger partial charge in [-0.05, 0) is 55.7 Å². The summed E-state index contributed by atoms with van der Waals surface area (Å²) < 4.78 is 21.9. The summed E-state index contributed by atoms with van der Waals surface area (Å²) in [6, 6.07) is 11.4. The van der Waals surface area contributed by atoms with Crippen LogP contribution in [0.1, 0.15) is 37.5 Å². The van der Waals surface area contributed by atoms with Crippen molar-refractivity contribution in [1.82, 2.24) is 5.32 Å². The van der Waals surface area contributed by atoms with Crippen LogP contribution in [0.25, 0.3) is 6.08 Å². The zero-order chi connectivity index (χ0) is 23.3. The number of hydrogen-bond acceptors (Lipinski definition) is 5. The fourth-order valence-electron chi connectivity index (χ4n) is 2.89. The monoisotopic (exact) mass is 461 g/mol. The number of carbonyl (C=O) groups excluding carboxylic acids is 1. The molecule has 0 spiro atoms. The van der Waals surface area contributed by atoms with Crippen molar-refractivity contribution in [2.45, 2.75) is 40.0 Å². The van der Waals surface area contributed by atoms with Crippen LogP contribution in [0.4, 0.5) is 0 Å². The zero-order valence-electron chi connectivity index (χ0n) is 19.2. The normalized spacial score (nSPS) is 11.2. The lowest BCUT2D eigenvalue weighted by atomic mass is 10.1. The molecule has 7 heteroatoms. The Balaban J connectivity index is 1.90. The van der Waals surface area contributed by atoms with E-state index in [-0.39, 0.29) is 12.0 Å². The molecule has 0 aliphatic rings. The van der Waals surface area contributed by atoms with Crippen LogP contribution >= 0.6 is 11.6 Å². The predicted molar refractivity (Wildman–Crippen MR) is 127 cm³/mol. The molecule has 0 aromatic heterocycles. The van der Waals surface area contributed by atoms with Crippen molar-refractivity contribution in [3.63, 3.8) is 0 Å². The van der Waals surface area contributed by atoms with Crippen LogP contribution in [-0.2, 0) is 27.4 Å². The highest BCUT2D eigenvalue weighted by Crippen LogP contribution is 2.37. The average molecular weight is 462 g/mol. The molecule has 0 saturated heterocycles. The van der Waals surface area contributed by atoms with E-state index in [0.717, 1.165) is 16.7 Å². The number of amides is 1. The summed E-state index contributed by atoms with van der Waals surface area (Å²) in [6.45, 7) is 8.54. The van der Waals surface area contributed by atoms with Gasteiger partial charge in [0.15, 0.2) is 11.5 Å². The molecular weight excluding hydrogens is 430 g/mol. The summed E-state index contributed by atoms with van der Waals surface area (Å²) >= 11 is 6.33. The molecule has 174 valence electrons. The van der Waals surface area contributed by atoms with Gasteiger partial charge < -0.3 is 24.3 Å². The van der Waals surface area contributed by atoms with Crippen molar-refractivity contribution < 1.29 is 23.7 Å². The molecule has 0 unspecified atom stereocenters. The molecule has 1 amide bonds. The third-order valence-corrected chi connectivity index (χ3v) is 4.62. The van der Waals surface area contributed by atoms with Crippen LogP contribution in [0.5, 0.6) is 11.5 Å². The van der Waals surface area contributed by atoms with Gasteiger partial charge in [-0.15, -0.1) is 0 Å². The Morgan fingerprint density at radius 1 is 1.12 bits per heavy atom. The highest BCUT2D eigenvalue weighted by Gasteiger charge is 2.12. The average Bonchev–Trinajstić information content (AvgIpc) is 2.77.